The van der Waals surface area contributed by atoms with Crippen LogP contribution in [0.25, 0.3) is 0 Å². The standard InChI is InChI=1S/C23H26N4O4.C15H22N4O3.C5H10O.CH3.Pd/c1-2-8-29-21-25-14-17(13-24)20(27-21)31-19-11-23(12-19)9-18(10-23)26-22(28)30-15-16-6-4-3-5-7-16;1-2-3-21-14-18-8-11(12(17)20)13(19-14)22-10-6-15(7-10)4-9(16)5-15;1-5-3-2-4-6-5;;/h3-7,14,18-19H,2,8-12,15H2,1H3,(H,26,28);8-10H,2-7,16H2,1H3,(H2,17,20);5H,2-4H2,1H3;1H3;/q;;;-1;. The van der Waals surface area contributed by atoms with Gasteiger partial charge in [0.1, 0.15) is 36.0 Å². The number of hydrogen-bond donors (Lipinski definition) is 3. The molecule has 4 saturated carbocycles. The van der Waals surface area contributed by atoms with Crippen LogP contribution < -0.4 is 35.7 Å². The normalized spacial score (nSPS) is 26.1. The molecule has 16 nitrogen and oxygen atoms in total. The van der Waals surface area contributed by atoms with Gasteiger partial charge in [0, 0.05) is 39.1 Å². The van der Waals surface area contributed by atoms with Crippen molar-refractivity contribution in [3.8, 4) is 29.9 Å². The largest absolute Gasteiger partial charge is 0.474 e. The van der Waals surface area contributed by atoms with Crippen LogP contribution in [0.1, 0.15) is 119 Å². The van der Waals surface area contributed by atoms with Gasteiger partial charge in [-0.15, -0.1) is 0 Å². The van der Waals surface area contributed by atoms with Gasteiger partial charge in [-0.3, -0.25) is 4.79 Å². The Hall–Kier alpha value is -4.61. The van der Waals surface area contributed by atoms with Gasteiger partial charge in [0.2, 0.25) is 11.8 Å². The minimum Gasteiger partial charge on any atom is -0.474 e. The van der Waals surface area contributed by atoms with Crippen molar-refractivity contribution in [2.24, 2.45) is 22.3 Å². The zero-order valence-electron chi connectivity index (χ0n) is 35.7. The van der Waals surface area contributed by atoms with Gasteiger partial charge in [-0.25, -0.2) is 14.8 Å². The molecule has 17 heteroatoms. The fourth-order valence-corrected chi connectivity index (χ4v) is 8.42. The number of carbonyl (C=O) groups excluding carboxylic acids is 2. The van der Waals surface area contributed by atoms with E-state index in [2.05, 4.69) is 38.2 Å². The average Bonchev–Trinajstić information content (AvgIpc) is 3.67. The summed E-state index contributed by atoms with van der Waals surface area (Å²) < 4.78 is 33.1. The summed E-state index contributed by atoms with van der Waals surface area (Å²) in [5.41, 5.74) is 13.2. The Kier molecular flexibility index (Phi) is 18.5. The quantitative estimate of drug-likeness (QED) is 0.117. The predicted molar refractivity (Wildman–Crippen MR) is 222 cm³/mol. The van der Waals surface area contributed by atoms with Crippen LogP contribution in [0.2, 0.25) is 0 Å². The van der Waals surface area contributed by atoms with Crippen molar-refractivity contribution in [1.82, 2.24) is 25.3 Å². The Morgan fingerprint density at radius 3 is 1.97 bits per heavy atom. The fraction of sp³-hybridized carbons (Fsp3) is 0.591. The molecule has 5 aliphatic rings. The smallest absolute Gasteiger partial charge is 0.407 e. The number of aromatic nitrogens is 4. The molecule has 0 bridgehead atoms. The van der Waals surface area contributed by atoms with Crippen LogP contribution in [0.15, 0.2) is 42.7 Å². The molecule has 1 saturated heterocycles. The summed E-state index contributed by atoms with van der Waals surface area (Å²) >= 11 is 0. The SMILES string of the molecule is CC1CCCO1.CCCOc1ncc(C#N)c(OC2CC3(CC(NC(=O)OCc4ccccc4)C3)C2)n1.CCCOc1ncc(C(N)=O)c(OC2CC3(CC(N)C3)C2)n1.[CH3-].[Pd]. The maximum absolute atomic E-state index is 12.0. The number of alkyl carbamates (subject to hydrolysis) is 1. The maximum Gasteiger partial charge on any atom is 0.407 e. The minimum absolute atomic E-state index is 0. The molecule has 5 N–H and O–H groups in total. The second-order valence-corrected chi connectivity index (χ2v) is 16.5. The van der Waals surface area contributed by atoms with Gasteiger partial charge in [-0.05, 0) is 100 Å². The van der Waals surface area contributed by atoms with Crippen molar-refractivity contribution in [2.75, 3.05) is 19.8 Å². The van der Waals surface area contributed by atoms with Crippen LogP contribution in [-0.2, 0) is 36.5 Å². The predicted octanol–water partition coefficient (Wildman–Crippen LogP) is 6.40. The maximum atomic E-state index is 12.0. The molecule has 1 aliphatic heterocycles. The van der Waals surface area contributed by atoms with E-state index in [0.29, 0.717) is 36.3 Å². The third-order valence-electron chi connectivity index (χ3n) is 11.4. The van der Waals surface area contributed by atoms with E-state index >= 15 is 0 Å². The molecule has 8 rings (SSSR count). The molecule has 2 aromatic heterocycles. The Bertz CT molecular complexity index is 1890. The Morgan fingerprint density at radius 2 is 1.46 bits per heavy atom. The molecule has 1 atom stereocenters. The first-order valence-electron chi connectivity index (χ1n) is 20.9. The molecule has 1 aromatic carbocycles. The van der Waals surface area contributed by atoms with Gasteiger partial charge in [0.25, 0.3) is 5.91 Å². The number of amides is 2. The first-order valence-corrected chi connectivity index (χ1v) is 20.9. The molecule has 3 aromatic rings. The third-order valence-corrected chi connectivity index (χ3v) is 11.4. The molecule has 4 aliphatic carbocycles. The Balaban J connectivity index is 0.000000238. The van der Waals surface area contributed by atoms with Gasteiger partial charge in [0.15, 0.2) is 0 Å². The summed E-state index contributed by atoms with van der Waals surface area (Å²) in [4.78, 5) is 39.9. The van der Waals surface area contributed by atoms with E-state index in [9.17, 15) is 14.9 Å². The topological polar surface area (TPSA) is 229 Å². The molecular formula is C44H61N8O8Pd-. The minimum atomic E-state index is -0.600. The molecule has 336 valence electrons. The first kappa shape index (κ1) is 49.1. The van der Waals surface area contributed by atoms with Crippen LogP contribution in [-0.4, -0.2) is 82.2 Å². The molecular weight excluding hydrogens is 875 g/mol. The van der Waals surface area contributed by atoms with E-state index in [1.54, 1.807) is 0 Å². The second kappa shape index (κ2) is 23.0. The molecule has 61 heavy (non-hydrogen) atoms. The number of hydrogen-bond acceptors (Lipinski definition) is 14. The van der Waals surface area contributed by atoms with E-state index in [4.69, 9.17) is 39.9 Å². The van der Waals surface area contributed by atoms with Gasteiger partial charge in [-0.1, -0.05) is 44.2 Å². The van der Waals surface area contributed by atoms with Crippen molar-refractivity contribution in [1.29, 1.82) is 5.26 Å². The number of primary amides is 1. The molecule has 0 radical (unpaired) electrons. The zero-order chi connectivity index (χ0) is 41.8. The van der Waals surface area contributed by atoms with Crippen LogP contribution in [0.3, 0.4) is 0 Å². The van der Waals surface area contributed by atoms with Crippen molar-refractivity contribution in [3.63, 3.8) is 0 Å². The van der Waals surface area contributed by atoms with E-state index in [0.717, 1.165) is 76.4 Å². The number of carbonyl (C=O) groups is 2. The first-order chi connectivity index (χ1) is 28.5. The average molecular weight is 936 g/mol. The van der Waals surface area contributed by atoms with Crippen LogP contribution >= 0.6 is 0 Å². The van der Waals surface area contributed by atoms with Crippen LogP contribution in [0.4, 0.5) is 4.79 Å². The van der Waals surface area contributed by atoms with Gasteiger partial charge in [0.05, 0.1) is 31.7 Å². The molecule has 3 heterocycles. The van der Waals surface area contributed by atoms with Crippen molar-refractivity contribution >= 4 is 12.0 Å². The van der Waals surface area contributed by atoms with Crippen LogP contribution in [0.5, 0.6) is 23.8 Å². The summed E-state index contributed by atoms with van der Waals surface area (Å²) in [5, 5.41) is 12.2. The number of nitrogens with zero attached hydrogens (tertiary/aromatic N) is 5. The van der Waals surface area contributed by atoms with Crippen molar-refractivity contribution < 1.29 is 58.4 Å². The van der Waals surface area contributed by atoms with E-state index in [1.165, 1.54) is 25.2 Å². The summed E-state index contributed by atoms with van der Waals surface area (Å²) in [6, 6.07) is 12.6. The fourth-order valence-electron chi connectivity index (χ4n) is 8.42. The van der Waals surface area contributed by atoms with E-state index in [-0.39, 0.29) is 93.6 Å². The second-order valence-electron chi connectivity index (χ2n) is 16.5. The number of nitrogens with two attached hydrogens (primary N) is 2. The van der Waals surface area contributed by atoms with E-state index in [1.807, 2.05) is 44.2 Å². The summed E-state index contributed by atoms with van der Waals surface area (Å²) in [5.74, 6) is -0.101. The van der Waals surface area contributed by atoms with Crippen molar-refractivity contribution in [3.05, 3.63) is 66.8 Å². The molecule has 2 amide bonds. The Morgan fingerprint density at radius 1 is 0.885 bits per heavy atom. The van der Waals surface area contributed by atoms with Gasteiger partial charge < -0.3 is 52.6 Å². The van der Waals surface area contributed by atoms with Gasteiger partial charge in [-0.2, -0.15) is 15.2 Å². The summed E-state index contributed by atoms with van der Waals surface area (Å²) in [6.45, 7) is 8.39. The van der Waals surface area contributed by atoms with Crippen LogP contribution in [0, 0.1) is 29.6 Å². The number of ether oxygens (including phenoxy) is 6. The van der Waals surface area contributed by atoms with Gasteiger partial charge >= 0.3 is 18.1 Å². The summed E-state index contributed by atoms with van der Waals surface area (Å²) in [6.07, 6.45) is 14.9. The van der Waals surface area contributed by atoms with Crippen molar-refractivity contribution in [2.45, 2.75) is 135 Å². The molecule has 1 unspecified atom stereocenters. The Labute approximate surface area is 373 Å². The number of nitriles is 1. The number of rotatable bonds is 14. The molecule has 5 fully saturated rings. The molecule has 2 spiro atoms. The van der Waals surface area contributed by atoms with E-state index < -0.39 is 5.91 Å². The summed E-state index contributed by atoms with van der Waals surface area (Å²) in [7, 11) is 0. The zero-order valence-corrected chi connectivity index (χ0v) is 37.3. The number of benzene rings is 1. The third kappa shape index (κ3) is 13.7. The number of nitrogens with one attached hydrogen (secondary N) is 1. The monoisotopic (exact) mass is 935 g/mol.